The molecule has 0 radical (unpaired) electrons. The Morgan fingerprint density at radius 1 is 0.828 bits per heavy atom. The molecule has 0 saturated heterocycles. The summed E-state index contributed by atoms with van der Waals surface area (Å²) >= 11 is 1.31. The molecule has 0 aliphatic heterocycles. The molecular weight excluding hydrogens is 378 g/mol. The Bertz CT molecular complexity index is 1370. The van der Waals surface area contributed by atoms with Gasteiger partial charge < -0.3 is 0 Å². The van der Waals surface area contributed by atoms with Gasteiger partial charge in [-0.3, -0.25) is 0 Å². The van der Waals surface area contributed by atoms with Crippen molar-refractivity contribution in [3.05, 3.63) is 78.9 Å². The van der Waals surface area contributed by atoms with Crippen LogP contribution in [0.5, 0.6) is 0 Å². The van der Waals surface area contributed by atoms with E-state index in [1.807, 2.05) is 48.5 Å². The molecule has 5 rings (SSSR count). The second-order valence-electron chi connectivity index (χ2n) is 6.51. The first-order valence-electron chi connectivity index (χ1n) is 9.14. The van der Waals surface area contributed by atoms with Gasteiger partial charge in [0.25, 0.3) is 5.78 Å². The van der Waals surface area contributed by atoms with Crippen LogP contribution in [0.15, 0.2) is 84.0 Å². The summed E-state index contributed by atoms with van der Waals surface area (Å²) in [5.74, 6) is 0.824. The van der Waals surface area contributed by atoms with E-state index in [0.717, 1.165) is 22.5 Å². The molecule has 138 valence electrons. The fourth-order valence-corrected chi connectivity index (χ4v) is 3.80. The quantitative estimate of drug-likeness (QED) is 0.391. The fraction of sp³-hybridized carbons (Fsp3) is 0.0435. The Labute approximate surface area is 171 Å². The van der Waals surface area contributed by atoms with Crippen LogP contribution in [-0.2, 0) is 0 Å². The first kappa shape index (κ1) is 17.4. The standard InChI is InChI=1S/C23H15N5S/c24-12-13-29-23-26-22-25-20(19-11-10-16-6-4-5-9-18(16)14-19)15-21(28(22)27-23)17-7-2-1-3-8-17/h1-11,14-15H,13H2. The lowest BCUT2D eigenvalue weighted by Crippen LogP contribution is -1.98. The summed E-state index contributed by atoms with van der Waals surface area (Å²) in [5.41, 5.74) is 3.81. The Morgan fingerprint density at radius 2 is 1.62 bits per heavy atom. The molecule has 0 N–H and O–H groups in total. The molecule has 0 saturated carbocycles. The zero-order valence-corrected chi connectivity index (χ0v) is 16.2. The van der Waals surface area contributed by atoms with E-state index in [2.05, 4.69) is 46.5 Å². The number of nitriles is 1. The molecule has 2 aromatic heterocycles. The summed E-state index contributed by atoms with van der Waals surface area (Å²) in [6.07, 6.45) is 0. The van der Waals surface area contributed by atoms with Crippen LogP contribution in [0.25, 0.3) is 39.1 Å². The minimum Gasteiger partial charge on any atom is -0.211 e. The summed E-state index contributed by atoms with van der Waals surface area (Å²) in [4.78, 5) is 9.30. The molecule has 0 fully saturated rings. The van der Waals surface area contributed by atoms with Crippen molar-refractivity contribution in [2.75, 3.05) is 5.75 Å². The zero-order valence-electron chi connectivity index (χ0n) is 15.4. The van der Waals surface area contributed by atoms with Crippen LogP contribution in [0, 0.1) is 11.3 Å². The first-order valence-corrected chi connectivity index (χ1v) is 10.1. The number of rotatable bonds is 4. The van der Waals surface area contributed by atoms with Crippen molar-refractivity contribution in [1.29, 1.82) is 5.26 Å². The lowest BCUT2D eigenvalue weighted by molar-refractivity contribution is 0.888. The van der Waals surface area contributed by atoms with Crippen molar-refractivity contribution in [2.24, 2.45) is 0 Å². The Balaban J connectivity index is 1.72. The van der Waals surface area contributed by atoms with E-state index in [1.54, 1.807) is 4.52 Å². The van der Waals surface area contributed by atoms with Crippen molar-refractivity contribution in [1.82, 2.24) is 19.6 Å². The lowest BCUT2D eigenvalue weighted by Gasteiger charge is -2.08. The van der Waals surface area contributed by atoms with Crippen LogP contribution in [0.4, 0.5) is 0 Å². The van der Waals surface area contributed by atoms with Gasteiger partial charge in [-0.25, -0.2) is 4.98 Å². The van der Waals surface area contributed by atoms with E-state index in [9.17, 15) is 0 Å². The van der Waals surface area contributed by atoms with Crippen molar-refractivity contribution in [2.45, 2.75) is 5.16 Å². The largest absolute Gasteiger partial charge is 0.254 e. The van der Waals surface area contributed by atoms with Crippen LogP contribution in [0.1, 0.15) is 0 Å². The fourth-order valence-electron chi connectivity index (χ4n) is 3.32. The normalized spacial score (nSPS) is 11.0. The number of hydrogen-bond acceptors (Lipinski definition) is 5. The molecule has 5 aromatic rings. The minimum atomic E-state index is 0.301. The smallest absolute Gasteiger partial charge is 0.211 e. The van der Waals surface area contributed by atoms with E-state index in [0.29, 0.717) is 16.7 Å². The molecule has 29 heavy (non-hydrogen) atoms. The molecule has 0 unspecified atom stereocenters. The minimum absolute atomic E-state index is 0.301. The highest BCUT2D eigenvalue weighted by atomic mass is 32.2. The van der Waals surface area contributed by atoms with E-state index in [-0.39, 0.29) is 0 Å². The van der Waals surface area contributed by atoms with Gasteiger partial charge in [-0.2, -0.15) is 14.8 Å². The average Bonchev–Trinajstić information content (AvgIpc) is 3.20. The number of fused-ring (bicyclic) bond motifs is 2. The zero-order chi connectivity index (χ0) is 19.6. The number of aromatic nitrogens is 4. The molecule has 2 heterocycles. The molecule has 0 bridgehead atoms. The van der Waals surface area contributed by atoms with Crippen LogP contribution < -0.4 is 0 Å². The van der Waals surface area contributed by atoms with Crippen LogP contribution in [-0.4, -0.2) is 25.3 Å². The number of nitrogens with zero attached hydrogens (tertiary/aromatic N) is 5. The summed E-state index contributed by atoms with van der Waals surface area (Å²) in [5, 5.41) is 16.3. The summed E-state index contributed by atoms with van der Waals surface area (Å²) in [6, 6.07) is 28.8. The molecule has 3 aromatic carbocycles. The highest BCUT2D eigenvalue weighted by molar-refractivity contribution is 7.99. The van der Waals surface area contributed by atoms with Crippen LogP contribution >= 0.6 is 11.8 Å². The molecule has 6 heteroatoms. The first-order chi connectivity index (χ1) is 14.3. The Kier molecular flexibility index (Phi) is 4.43. The SMILES string of the molecule is N#CCSc1nc2nc(-c3ccc4ccccc4c3)cc(-c3ccccc3)n2n1. The van der Waals surface area contributed by atoms with Gasteiger partial charge in [0, 0.05) is 11.1 Å². The highest BCUT2D eigenvalue weighted by Crippen LogP contribution is 2.28. The predicted molar refractivity (Wildman–Crippen MR) is 115 cm³/mol. The van der Waals surface area contributed by atoms with Gasteiger partial charge in [0.2, 0.25) is 5.16 Å². The van der Waals surface area contributed by atoms with E-state index in [4.69, 9.17) is 10.2 Å². The number of hydrogen-bond donors (Lipinski definition) is 0. The van der Waals surface area contributed by atoms with Crippen molar-refractivity contribution in [3.63, 3.8) is 0 Å². The van der Waals surface area contributed by atoms with Crippen molar-refractivity contribution in [3.8, 4) is 28.6 Å². The predicted octanol–water partition coefficient (Wildman–Crippen LogP) is 5.23. The van der Waals surface area contributed by atoms with Gasteiger partial charge in [0.15, 0.2) is 0 Å². The monoisotopic (exact) mass is 393 g/mol. The number of benzene rings is 3. The van der Waals surface area contributed by atoms with Crippen LogP contribution in [0.3, 0.4) is 0 Å². The van der Waals surface area contributed by atoms with Gasteiger partial charge >= 0.3 is 0 Å². The van der Waals surface area contributed by atoms with Gasteiger partial charge in [0.05, 0.1) is 23.2 Å². The van der Waals surface area contributed by atoms with Crippen LogP contribution in [0.2, 0.25) is 0 Å². The topological polar surface area (TPSA) is 66.9 Å². The second-order valence-corrected chi connectivity index (χ2v) is 7.45. The number of thioether (sulfide) groups is 1. The van der Waals surface area contributed by atoms with E-state index >= 15 is 0 Å². The molecule has 0 aliphatic rings. The molecule has 0 amide bonds. The maximum Gasteiger partial charge on any atom is 0.254 e. The average molecular weight is 393 g/mol. The Morgan fingerprint density at radius 3 is 2.45 bits per heavy atom. The summed E-state index contributed by atoms with van der Waals surface area (Å²) < 4.78 is 1.75. The van der Waals surface area contributed by atoms with Gasteiger partial charge in [0.1, 0.15) is 0 Å². The van der Waals surface area contributed by atoms with Crippen molar-refractivity contribution >= 4 is 28.3 Å². The summed E-state index contributed by atoms with van der Waals surface area (Å²) in [7, 11) is 0. The lowest BCUT2D eigenvalue weighted by atomic mass is 10.0. The molecule has 0 spiro atoms. The summed E-state index contributed by atoms with van der Waals surface area (Å²) in [6.45, 7) is 0. The maximum atomic E-state index is 8.87. The molecule has 0 atom stereocenters. The van der Waals surface area contributed by atoms with E-state index < -0.39 is 0 Å². The third-order valence-electron chi connectivity index (χ3n) is 4.67. The third kappa shape index (κ3) is 3.33. The van der Waals surface area contributed by atoms with Gasteiger partial charge in [-0.15, -0.1) is 5.10 Å². The maximum absolute atomic E-state index is 8.87. The molecule has 0 aliphatic carbocycles. The third-order valence-corrected chi connectivity index (χ3v) is 5.38. The molecule has 5 nitrogen and oxygen atoms in total. The highest BCUT2D eigenvalue weighted by Gasteiger charge is 2.14. The van der Waals surface area contributed by atoms with Gasteiger partial charge in [-0.1, -0.05) is 78.5 Å². The van der Waals surface area contributed by atoms with Gasteiger partial charge in [-0.05, 0) is 22.9 Å². The van der Waals surface area contributed by atoms with Crippen molar-refractivity contribution < 1.29 is 0 Å². The Hall–Kier alpha value is -3.69. The molecular formula is C23H15N5S. The van der Waals surface area contributed by atoms with E-state index in [1.165, 1.54) is 22.5 Å². The second kappa shape index (κ2) is 7.38.